The number of para-hydroxylation sites is 1. The molecule has 3 heterocycles. The van der Waals surface area contributed by atoms with Crippen molar-refractivity contribution in [3.63, 3.8) is 0 Å². The van der Waals surface area contributed by atoms with E-state index in [-0.39, 0.29) is 10.9 Å². The molecule has 0 saturated carbocycles. The Morgan fingerprint density at radius 2 is 1.86 bits per heavy atom. The molecule has 1 aromatic heterocycles. The van der Waals surface area contributed by atoms with Gasteiger partial charge in [-0.1, -0.05) is 18.6 Å². The standard InChI is InChI=1S/C20H20N2O4S2/c23-28(24,14-8-9-17-18(13-14)26-12-11-25-17)22-10-4-3-6-16(22)20-21-15-5-1-2-7-19(15)27-20/h1-2,5,7-9,13,16H,3-4,6,10-12H2. The average molecular weight is 417 g/mol. The Balaban J connectivity index is 1.53. The molecule has 1 fully saturated rings. The minimum atomic E-state index is -3.67. The summed E-state index contributed by atoms with van der Waals surface area (Å²) in [6, 6.07) is 12.6. The van der Waals surface area contributed by atoms with Crippen LogP contribution in [0.5, 0.6) is 11.5 Å². The van der Waals surface area contributed by atoms with Crippen molar-refractivity contribution in [3.8, 4) is 11.5 Å². The molecule has 0 N–H and O–H groups in total. The van der Waals surface area contributed by atoms with Gasteiger partial charge in [-0.3, -0.25) is 0 Å². The van der Waals surface area contributed by atoms with Gasteiger partial charge < -0.3 is 9.47 Å². The Morgan fingerprint density at radius 1 is 1.04 bits per heavy atom. The van der Waals surface area contributed by atoms with Crippen LogP contribution < -0.4 is 9.47 Å². The summed E-state index contributed by atoms with van der Waals surface area (Å²) in [6.45, 7) is 1.40. The maximum Gasteiger partial charge on any atom is 0.243 e. The highest BCUT2D eigenvalue weighted by atomic mass is 32.2. The van der Waals surface area contributed by atoms with Crippen molar-refractivity contribution in [1.29, 1.82) is 0 Å². The first-order chi connectivity index (χ1) is 13.6. The number of fused-ring (bicyclic) bond motifs is 2. The third-order valence-corrected chi connectivity index (χ3v) is 8.21. The van der Waals surface area contributed by atoms with Gasteiger partial charge in [0.25, 0.3) is 0 Å². The van der Waals surface area contributed by atoms with Crippen LogP contribution in [0.25, 0.3) is 10.2 Å². The first-order valence-electron chi connectivity index (χ1n) is 9.40. The average Bonchev–Trinajstić information content (AvgIpc) is 3.17. The van der Waals surface area contributed by atoms with Crippen LogP contribution >= 0.6 is 11.3 Å². The van der Waals surface area contributed by atoms with E-state index in [1.54, 1.807) is 33.8 Å². The zero-order valence-electron chi connectivity index (χ0n) is 15.2. The number of rotatable bonds is 3. The number of nitrogens with zero attached hydrogens (tertiary/aromatic N) is 2. The van der Waals surface area contributed by atoms with Gasteiger partial charge in [0.15, 0.2) is 11.5 Å². The second-order valence-corrected chi connectivity index (χ2v) is 9.91. The van der Waals surface area contributed by atoms with Crippen LogP contribution in [0.2, 0.25) is 0 Å². The van der Waals surface area contributed by atoms with E-state index in [0.29, 0.717) is 31.3 Å². The van der Waals surface area contributed by atoms with Crippen LogP contribution in [-0.4, -0.2) is 37.5 Å². The summed E-state index contributed by atoms with van der Waals surface area (Å²) >= 11 is 1.58. The van der Waals surface area contributed by atoms with Crippen LogP contribution in [-0.2, 0) is 10.0 Å². The predicted molar refractivity (Wildman–Crippen MR) is 108 cm³/mol. The Hall–Kier alpha value is -2.16. The monoisotopic (exact) mass is 416 g/mol. The fourth-order valence-corrected chi connectivity index (χ4v) is 6.65. The Kier molecular flexibility index (Phi) is 4.49. The van der Waals surface area contributed by atoms with Crippen molar-refractivity contribution < 1.29 is 17.9 Å². The molecule has 0 amide bonds. The molecule has 3 aromatic rings. The van der Waals surface area contributed by atoms with Crippen molar-refractivity contribution in [3.05, 3.63) is 47.5 Å². The van der Waals surface area contributed by atoms with E-state index in [0.717, 1.165) is 34.5 Å². The van der Waals surface area contributed by atoms with Gasteiger partial charge in [-0.25, -0.2) is 13.4 Å². The molecule has 28 heavy (non-hydrogen) atoms. The lowest BCUT2D eigenvalue weighted by atomic mass is 10.1. The number of piperidine rings is 1. The number of ether oxygens (including phenoxy) is 2. The lowest BCUT2D eigenvalue weighted by Crippen LogP contribution is -2.38. The molecule has 0 aliphatic carbocycles. The molecule has 2 aliphatic heterocycles. The van der Waals surface area contributed by atoms with Gasteiger partial charge in [0.05, 0.1) is 21.2 Å². The third kappa shape index (κ3) is 3.05. The molecule has 1 unspecified atom stereocenters. The fraction of sp³-hybridized carbons (Fsp3) is 0.350. The maximum absolute atomic E-state index is 13.5. The van der Waals surface area contributed by atoms with Crippen molar-refractivity contribution in [2.75, 3.05) is 19.8 Å². The Bertz CT molecular complexity index is 1090. The lowest BCUT2D eigenvalue weighted by molar-refractivity contribution is 0.171. The summed E-state index contributed by atoms with van der Waals surface area (Å²) in [6.07, 6.45) is 2.63. The highest BCUT2D eigenvalue weighted by Gasteiger charge is 2.36. The van der Waals surface area contributed by atoms with E-state index in [4.69, 9.17) is 14.5 Å². The summed E-state index contributed by atoms with van der Waals surface area (Å²) in [7, 11) is -3.67. The number of aromatic nitrogens is 1. The first kappa shape index (κ1) is 17.9. The van der Waals surface area contributed by atoms with Gasteiger partial charge >= 0.3 is 0 Å². The molecule has 1 atom stereocenters. The second kappa shape index (κ2) is 7.02. The first-order valence-corrected chi connectivity index (χ1v) is 11.7. The van der Waals surface area contributed by atoms with E-state index in [2.05, 4.69) is 0 Å². The van der Waals surface area contributed by atoms with Crippen LogP contribution in [0.15, 0.2) is 47.4 Å². The summed E-state index contributed by atoms with van der Waals surface area (Å²) in [5.41, 5.74) is 0.921. The van der Waals surface area contributed by atoms with E-state index in [1.165, 1.54) is 0 Å². The zero-order chi connectivity index (χ0) is 19.1. The summed E-state index contributed by atoms with van der Waals surface area (Å²) in [5.74, 6) is 1.08. The van der Waals surface area contributed by atoms with Crippen molar-refractivity contribution in [1.82, 2.24) is 9.29 Å². The number of sulfonamides is 1. The smallest absolute Gasteiger partial charge is 0.243 e. The van der Waals surface area contributed by atoms with E-state index in [9.17, 15) is 8.42 Å². The van der Waals surface area contributed by atoms with Gasteiger partial charge in [0, 0.05) is 12.6 Å². The Morgan fingerprint density at radius 3 is 2.71 bits per heavy atom. The van der Waals surface area contributed by atoms with Gasteiger partial charge in [0.1, 0.15) is 18.2 Å². The normalized spacial score (nSPS) is 20.4. The lowest BCUT2D eigenvalue weighted by Gasteiger charge is -2.33. The highest BCUT2D eigenvalue weighted by Crippen LogP contribution is 2.40. The molecule has 8 heteroatoms. The number of hydrogen-bond acceptors (Lipinski definition) is 6. The van der Waals surface area contributed by atoms with Crippen LogP contribution in [0.3, 0.4) is 0 Å². The molecule has 0 radical (unpaired) electrons. The van der Waals surface area contributed by atoms with Gasteiger partial charge in [-0.15, -0.1) is 11.3 Å². The molecule has 0 bridgehead atoms. The second-order valence-electron chi connectivity index (χ2n) is 6.95. The van der Waals surface area contributed by atoms with Crippen LogP contribution in [0.4, 0.5) is 0 Å². The molecular weight excluding hydrogens is 396 g/mol. The van der Waals surface area contributed by atoms with Crippen LogP contribution in [0.1, 0.15) is 30.3 Å². The molecule has 2 aromatic carbocycles. The molecule has 5 rings (SSSR count). The van der Waals surface area contributed by atoms with E-state index < -0.39 is 10.0 Å². The van der Waals surface area contributed by atoms with Crippen LogP contribution in [0, 0.1) is 0 Å². The maximum atomic E-state index is 13.5. The fourth-order valence-electron chi connectivity index (χ4n) is 3.79. The SMILES string of the molecule is O=S(=O)(c1ccc2c(c1)OCCO2)N1CCCCC1c1nc2ccccc2s1. The summed E-state index contributed by atoms with van der Waals surface area (Å²) < 4.78 is 40.7. The van der Waals surface area contributed by atoms with Gasteiger partial charge in [-0.2, -0.15) is 4.31 Å². The minimum Gasteiger partial charge on any atom is -0.486 e. The molecule has 6 nitrogen and oxygen atoms in total. The summed E-state index contributed by atoms with van der Waals surface area (Å²) in [4.78, 5) is 4.97. The third-order valence-electron chi connectivity index (χ3n) is 5.17. The van der Waals surface area contributed by atoms with E-state index in [1.807, 2.05) is 24.3 Å². The van der Waals surface area contributed by atoms with Gasteiger partial charge in [-0.05, 0) is 37.1 Å². The Labute approximate surface area is 167 Å². The largest absolute Gasteiger partial charge is 0.486 e. The quantitative estimate of drug-likeness (QED) is 0.646. The van der Waals surface area contributed by atoms with Crippen molar-refractivity contribution >= 4 is 31.6 Å². The molecular formula is C20H20N2O4S2. The van der Waals surface area contributed by atoms with Crippen molar-refractivity contribution in [2.24, 2.45) is 0 Å². The predicted octanol–water partition coefficient (Wildman–Crippen LogP) is 3.98. The number of thiazole rings is 1. The molecule has 2 aliphatic rings. The zero-order valence-corrected chi connectivity index (χ0v) is 16.8. The molecule has 0 spiro atoms. The molecule has 1 saturated heterocycles. The summed E-state index contributed by atoms with van der Waals surface area (Å²) in [5, 5.41) is 0.863. The molecule has 146 valence electrons. The van der Waals surface area contributed by atoms with Crippen molar-refractivity contribution in [2.45, 2.75) is 30.2 Å². The van der Waals surface area contributed by atoms with Gasteiger partial charge in [0.2, 0.25) is 10.0 Å². The minimum absolute atomic E-state index is 0.232. The highest BCUT2D eigenvalue weighted by molar-refractivity contribution is 7.89. The topological polar surface area (TPSA) is 68.7 Å². The number of hydrogen-bond donors (Lipinski definition) is 0. The van der Waals surface area contributed by atoms with E-state index >= 15 is 0 Å². The number of benzene rings is 2.